The van der Waals surface area contributed by atoms with Gasteiger partial charge in [0.15, 0.2) is 11.5 Å². The second kappa shape index (κ2) is 10.00. The Kier molecular flexibility index (Phi) is 6.91. The van der Waals surface area contributed by atoms with Crippen LogP contribution in [-0.4, -0.2) is 62.3 Å². The molecule has 1 aromatic heterocycles. The van der Waals surface area contributed by atoms with Crippen LogP contribution >= 0.6 is 0 Å². The van der Waals surface area contributed by atoms with Crippen molar-refractivity contribution in [3.8, 4) is 11.5 Å². The van der Waals surface area contributed by atoms with Crippen LogP contribution in [0.25, 0.3) is 11.0 Å². The zero-order valence-corrected chi connectivity index (χ0v) is 18.0. The number of benzene rings is 2. The van der Waals surface area contributed by atoms with E-state index in [0.29, 0.717) is 24.0 Å². The Morgan fingerprint density at radius 2 is 1.84 bits per heavy atom. The molecule has 31 heavy (non-hydrogen) atoms. The first-order valence-electron chi connectivity index (χ1n) is 10.8. The molecular weight excluding hydrogens is 396 g/mol. The summed E-state index contributed by atoms with van der Waals surface area (Å²) in [6, 6.07) is 15.5. The first-order valence-corrected chi connectivity index (χ1v) is 10.8. The van der Waals surface area contributed by atoms with Gasteiger partial charge in [-0.1, -0.05) is 24.3 Å². The fourth-order valence-electron chi connectivity index (χ4n) is 4.11. The summed E-state index contributed by atoms with van der Waals surface area (Å²) in [6.07, 6.45) is -0.721. The number of aliphatic hydroxyl groups excluding tert-OH is 1. The molecule has 4 rings (SSSR count). The first-order chi connectivity index (χ1) is 15.2. The molecule has 3 aromatic rings. The number of quaternary nitrogens is 1. The Bertz CT molecular complexity index is 1000. The van der Waals surface area contributed by atoms with Gasteiger partial charge < -0.3 is 24.2 Å². The number of anilines is 1. The molecular formula is C23H32N4O4+2. The molecule has 8 nitrogen and oxygen atoms in total. The predicted molar refractivity (Wildman–Crippen MR) is 117 cm³/mol. The topological polar surface area (TPSA) is 87.2 Å². The molecule has 0 amide bonds. The molecule has 0 radical (unpaired) electrons. The highest BCUT2D eigenvalue weighted by molar-refractivity contribution is 5.73. The number of rotatable bonds is 9. The lowest BCUT2D eigenvalue weighted by molar-refractivity contribution is -0.908. The number of hydrogen-bond acceptors (Lipinski definition) is 5. The fraction of sp³-hybridized carbons (Fsp3) is 0.435. The van der Waals surface area contributed by atoms with Crippen molar-refractivity contribution >= 4 is 17.0 Å². The average Bonchev–Trinajstić information content (AvgIpc) is 3.08. The summed E-state index contributed by atoms with van der Waals surface area (Å²) in [7, 11) is 1.60. The van der Waals surface area contributed by atoms with Crippen molar-refractivity contribution in [3.05, 3.63) is 48.5 Å². The number of ether oxygens (including phenoxy) is 3. The second-order valence-electron chi connectivity index (χ2n) is 7.84. The number of nitrogens with two attached hydrogens (primary N) is 1. The molecule has 1 saturated heterocycles. The van der Waals surface area contributed by atoms with E-state index in [2.05, 4.69) is 10.6 Å². The minimum Gasteiger partial charge on any atom is -0.493 e. The van der Waals surface area contributed by atoms with Crippen LogP contribution in [0.3, 0.4) is 0 Å². The lowest BCUT2D eigenvalue weighted by Crippen LogP contribution is -3.14. The number of nitrogens with zero attached hydrogens (tertiary/aromatic N) is 2. The van der Waals surface area contributed by atoms with E-state index < -0.39 is 6.10 Å². The van der Waals surface area contributed by atoms with Crippen LogP contribution in [0.4, 0.5) is 5.95 Å². The zero-order chi connectivity index (χ0) is 21.6. The van der Waals surface area contributed by atoms with Crippen molar-refractivity contribution in [1.82, 2.24) is 4.57 Å². The van der Waals surface area contributed by atoms with Gasteiger partial charge in [0.1, 0.15) is 56.5 Å². The summed E-state index contributed by atoms with van der Waals surface area (Å²) in [5.74, 6) is 1.90. The normalized spacial score (nSPS) is 15.8. The number of aromatic nitrogens is 2. The molecule has 2 heterocycles. The van der Waals surface area contributed by atoms with Crippen molar-refractivity contribution in [2.75, 3.05) is 52.3 Å². The number of methoxy groups -OCH3 is 1. The van der Waals surface area contributed by atoms with E-state index in [0.717, 1.165) is 50.4 Å². The lowest BCUT2D eigenvalue weighted by atomic mass is 10.3. The van der Waals surface area contributed by atoms with Gasteiger partial charge in [0.05, 0.1) is 20.3 Å². The van der Waals surface area contributed by atoms with Crippen LogP contribution in [0.5, 0.6) is 11.5 Å². The predicted octanol–water partition coefficient (Wildman–Crippen LogP) is -0.125. The summed E-state index contributed by atoms with van der Waals surface area (Å²) < 4.78 is 20.7. The number of nitrogen functional groups attached to an aromatic ring is 1. The van der Waals surface area contributed by atoms with E-state index in [1.807, 2.05) is 47.0 Å². The molecule has 4 N–H and O–H groups in total. The highest BCUT2D eigenvalue weighted by Crippen LogP contribution is 2.25. The molecule has 0 unspecified atom stereocenters. The highest BCUT2D eigenvalue weighted by atomic mass is 16.5. The zero-order valence-electron chi connectivity index (χ0n) is 18.0. The number of aliphatic hydroxyl groups is 1. The summed E-state index contributed by atoms with van der Waals surface area (Å²) in [6.45, 7) is 5.98. The summed E-state index contributed by atoms with van der Waals surface area (Å²) in [5, 5.41) is 10.7. The average molecular weight is 429 g/mol. The molecule has 2 aromatic carbocycles. The van der Waals surface area contributed by atoms with Gasteiger partial charge in [-0.15, -0.1) is 0 Å². The molecule has 0 bridgehead atoms. The Labute approximate surface area is 182 Å². The van der Waals surface area contributed by atoms with Gasteiger partial charge in [-0.2, -0.15) is 0 Å². The first kappa shape index (κ1) is 21.4. The smallest absolute Gasteiger partial charge is 0.356 e. The third-order valence-corrected chi connectivity index (χ3v) is 5.80. The Morgan fingerprint density at radius 1 is 1.13 bits per heavy atom. The molecule has 1 aliphatic heterocycles. The van der Waals surface area contributed by atoms with Crippen molar-refractivity contribution in [3.63, 3.8) is 0 Å². The molecule has 8 heteroatoms. The minimum atomic E-state index is -0.721. The summed E-state index contributed by atoms with van der Waals surface area (Å²) in [4.78, 5) is 1.53. The van der Waals surface area contributed by atoms with E-state index in [9.17, 15) is 5.11 Å². The number of morpholine rings is 1. The molecule has 0 aliphatic carbocycles. The van der Waals surface area contributed by atoms with Crippen molar-refractivity contribution in [2.45, 2.75) is 19.2 Å². The Balaban J connectivity index is 1.47. The van der Waals surface area contributed by atoms with Crippen LogP contribution in [0, 0.1) is 0 Å². The van der Waals surface area contributed by atoms with E-state index in [1.165, 1.54) is 4.90 Å². The number of nitrogens with one attached hydrogen (secondary N) is 1. The van der Waals surface area contributed by atoms with Gasteiger partial charge in [-0.25, -0.2) is 9.13 Å². The van der Waals surface area contributed by atoms with Crippen LogP contribution in [0.2, 0.25) is 0 Å². The van der Waals surface area contributed by atoms with Crippen molar-refractivity contribution < 1.29 is 28.8 Å². The van der Waals surface area contributed by atoms with E-state index in [4.69, 9.17) is 19.9 Å². The second-order valence-corrected chi connectivity index (χ2v) is 7.84. The SMILES string of the molecule is COc1ccccc1OC[C@@H](O)C[n+]1c(N)n(CC[NH+]2CCOCC2)c2ccccc21. The van der Waals surface area contributed by atoms with Crippen LogP contribution in [0.15, 0.2) is 48.5 Å². The van der Waals surface area contributed by atoms with E-state index in [-0.39, 0.29) is 6.61 Å². The van der Waals surface area contributed by atoms with Crippen LogP contribution < -0.4 is 24.7 Å². The molecule has 0 saturated carbocycles. The minimum absolute atomic E-state index is 0.143. The van der Waals surface area contributed by atoms with Crippen LogP contribution in [-0.2, 0) is 17.8 Å². The molecule has 1 aliphatic rings. The summed E-state index contributed by atoms with van der Waals surface area (Å²) in [5.41, 5.74) is 8.64. The number of hydrogen-bond donors (Lipinski definition) is 3. The maximum absolute atomic E-state index is 10.7. The Morgan fingerprint density at radius 3 is 2.61 bits per heavy atom. The largest absolute Gasteiger partial charge is 0.493 e. The van der Waals surface area contributed by atoms with Gasteiger partial charge in [-0.3, -0.25) is 5.73 Å². The molecule has 1 atom stereocenters. The van der Waals surface area contributed by atoms with Crippen molar-refractivity contribution in [1.29, 1.82) is 0 Å². The fourth-order valence-corrected chi connectivity index (χ4v) is 4.11. The van der Waals surface area contributed by atoms with E-state index in [1.54, 1.807) is 7.11 Å². The molecule has 166 valence electrons. The maximum atomic E-state index is 10.7. The number of fused-ring (bicyclic) bond motifs is 1. The third kappa shape index (κ3) is 4.92. The number of imidazole rings is 1. The van der Waals surface area contributed by atoms with Gasteiger partial charge in [0.25, 0.3) is 0 Å². The third-order valence-electron chi connectivity index (χ3n) is 5.80. The molecule has 0 spiro atoms. The molecule has 1 fully saturated rings. The Hall–Kier alpha value is -2.81. The van der Waals surface area contributed by atoms with Gasteiger partial charge in [0.2, 0.25) is 0 Å². The van der Waals surface area contributed by atoms with Crippen molar-refractivity contribution in [2.24, 2.45) is 0 Å². The van der Waals surface area contributed by atoms with Gasteiger partial charge >= 0.3 is 5.95 Å². The van der Waals surface area contributed by atoms with Gasteiger partial charge in [0, 0.05) is 0 Å². The summed E-state index contributed by atoms with van der Waals surface area (Å²) >= 11 is 0. The number of para-hydroxylation sites is 4. The maximum Gasteiger partial charge on any atom is 0.356 e. The lowest BCUT2D eigenvalue weighted by Gasteiger charge is -2.23. The van der Waals surface area contributed by atoms with E-state index >= 15 is 0 Å². The standard InChI is InChI=1S/C23H30N4O4/c1-29-21-8-4-5-9-22(21)31-17-18(28)16-27-20-7-3-2-6-19(20)26(23(27)24)11-10-25-12-14-30-15-13-25/h2-9,18,24,28H,10-17H2,1H3/p+2/t18-/m0/s1. The quantitative estimate of drug-likeness (QED) is 0.414. The van der Waals surface area contributed by atoms with Gasteiger partial charge in [-0.05, 0) is 24.3 Å². The highest BCUT2D eigenvalue weighted by Gasteiger charge is 2.24. The van der Waals surface area contributed by atoms with Crippen LogP contribution in [0.1, 0.15) is 0 Å². The monoisotopic (exact) mass is 428 g/mol.